The molecule has 0 saturated carbocycles. The highest BCUT2D eigenvalue weighted by molar-refractivity contribution is 7.87. The van der Waals surface area contributed by atoms with Crippen molar-refractivity contribution in [3.63, 3.8) is 0 Å². The highest BCUT2D eigenvalue weighted by atomic mass is 35.5. The summed E-state index contributed by atoms with van der Waals surface area (Å²) in [6.07, 6.45) is -4.89. The second kappa shape index (κ2) is 12.8. The summed E-state index contributed by atoms with van der Waals surface area (Å²) in [5.74, 6) is -0.300. The van der Waals surface area contributed by atoms with Crippen molar-refractivity contribution >= 4 is 28.5 Å². The third-order valence-corrected chi connectivity index (χ3v) is 7.03. The number of fused-ring (bicyclic) bond motifs is 1. The van der Waals surface area contributed by atoms with Gasteiger partial charge in [-0.1, -0.05) is 32.0 Å². The second-order valence-corrected chi connectivity index (χ2v) is 10.9. The first kappa shape index (κ1) is 30.7. The van der Waals surface area contributed by atoms with Crippen LogP contribution in [-0.2, 0) is 32.5 Å². The minimum atomic E-state index is -4.43. The molecule has 2 aromatic carbocycles. The molecule has 2 aromatic rings. The van der Waals surface area contributed by atoms with E-state index in [4.69, 9.17) is 19.4 Å². The van der Waals surface area contributed by atoms with Gasteiger partial charge in [0.15, 0.2) is 0 Å². The molecule has 0 aliphatic heterocycles. The van der Waals surface area contributed by atoms with Gasteiger partial charge in [-0.3, -0.25) is 4.79 Å². The van der Waals surface area contributed by atoms with Crippen molar-refractivity contribution in [1.29, 1.82) is 0 Å². The molecule has 2 atom stereocenters. The fourth-order valence-corrected chi connectivity index (χ4v) is 4.82. The van der Waals surface area contributed by atoms with Crippen LogP contribution in [0.5, 0.6) is 17.2 Å². The predicted octanol–water partition coefficient (Wildman–Crippen LogP) is 5.19. The van der Waals surface area contributed by atoms with Gasteiger partial charge in [0.2, 0.25) is 0 Å². The molecular weight excluding hydrogens is 535 g/mol. The Kier molecular flexibility index (Phi) is 10.7. The van der Waals surface area contributed by atoms with E-state index in [9.17, 15) is 26.4 Å². The molecule has 0 heterocycles. The van der Waals surface area contributed by atoms with Crippen molar-refractivity contribution in [3.05, 3.63) is 53.6 Å². The van der Waals surface area contributed by atoms with Crippen LogP contribution in [0.4, 0.5) is 13.2 Å². The fourth-order valence-electron chi connectivity index (χ4n) is 3.84. The van der Waals surface area contributed by atoms with Gasteiger partial charge in [0.1, 0.15) is 23.3 Å². The van der Waals surface area contributed by atoms with Gasteiger partial charge in [-0.2, -0.15) is 21.6 Å². The summed E-state index contributed by atoms with van der Waals surface area (Å²) in [7, 11) is -4.19. The Morgan fingerprint density at radius 3 is 2.46 bits per heavy atom. The van der Waals surface area contributed by atoms with Gasteiger partial charge in [0.25, 0.3) is 0 Å². The first-order valence-electron chi connectivity index (χ1n) is 11.6. The number of ether oxygens (including phenoxy) is 2. The molecule has 0 amide bonds. The van der Waals surface area contributed by atoms with E-state index in [-0.39, 0.29) is 36.6 Å². The van der Waals surface area contributed by atoms with E-state index in [0.29, 0.717) is 24.3 Å². The first-order chi connectivity index (χ1) is 16.8. The molecular formula is C25H31ClF3NO6S. The Bertz CT molecular complexity index is 1170. The molecule has 1 aliphatic rings. The number of halogens is 4. The van der Waals surface area contributed by atoms with Crippen molar-refractivity contribution in [2.45, 2.75) is 51.7 Å². The molecule has 7 nitrogen and oxygen atoms in total. The van der Waals surface area contributed by atoms with E-state index in [1.807, 2.05) is 26.0 Å². The van der Waals surface area contributed by atoms with Crippen LogP contribution in [0.15, 0.2) is 42.5 Å². The van der Waals surface area contributed by atoms with Crippen molar-refractivity contribution in [3.8, 4) is 17.2 Å². The summed E-state index contributed by atoms with van der Waals surface area (Å²) < 4.78 is 77.4. The number of alkyl halides is 3. The average molecular weight is 566 g/mol. The van der Waals surface area contributed by atoms with Crippen molar-refractivity contribution in [1.82, 2.24) is 0 Å². The highest BCUT2D eigenvalue weighted by Gasteiger charge is 2.29. The predicted molar refractivity (Wildman–Crippen MR) is 135 cm³/mol. The lowest BCUT2D eigenvalue weighted by molar-refractivity contribution is -0.147. The summed E-state index contributed by atoms with van der Waals surface area (Å²) >= 11 is 0. The van der Waals surface area contributed by atoms with Gasteiger partial charge in [-0.25, -0.2) is 0 Å². The fraction of sp³-hybridized carbons (Fsp3) is 0.480. The van der Waals surface area contributed by atoms with Crippen molar-refractivity contribution < 1.29 is 40.0 Å². The Labute approximate surface area is 221 Å². The molecule has 0 saturated heterocycles. The standard InChI is InChI=1S/C25H30F3NO6S.ClH/c1-16(2)23(29)24(30)33-15-17-12-18-6-3-9-22(21(18)13-17)34-19-7-4-8-20(14-19)35-36(31,32)11-5-10-25(26,27)28;/h3-4,6-9,14,16-17,23H,5,10-13,15,29H2,1-2H3;1H/t17-,23-;/m1./s1. The summed E-state index contributed by atoms with van der Waals surface area (Å²) in [4.78, 5) is 12.1. The van der Waals surface area contributed by atoms with E-state index >= 15 is 0 Å². The lowest BCUT2D eigenvalue weighted by Crippen LogP contribution is -2.37. The van der Waals surface area contributed by atoms with E-state index in [0.717, 1.165) is 11.1 Å². The Morgan fingerprint density at radius 1 is 1.11 bits per heavy atom. The number of benzene rings is 2. The van der Waals surface area contributed by atoms with Gasteiger partial charge >= 0.3 is 22.3 Å². The number of hydrogen-bond acceptors (Lipinski definition) is 7. The van der Waals surface area contributed by atoms with Crippen LogP contribution in [0.3, 0.4) is 0 Å². The SMILES string of the molecule is CC(C)[C@@H](N)C(=O)OC[C@@H]1Cc2cccc(Oc3cccc(OS(=O)(=O)CCCC(F)(F)F)c3)c2C1.Cl. The van der Waals surface area contributed by atoms with Gasteiger partial charge in [-0.15, -0.1) is 12.4 Å². The molecule has 0 bridgehead atoms. The molecule has 3 rings (SSSR count). The molecule has 0 unspecified atom stereocenters. The lowest BCUT2D eigenvalue weighted by atomic mass is 10.1. The Hall–Kier alpha value is -2.50. The molecule has 0 aromatic heterocycles. The molecule has 0 fully saturated rings. The highest BCUT2D eigenvalue weighted by Crippen LogP contribution is 2.37. The molecule has 2 N–H and O–H groups in total. The van der Waals surface area contributed by atoms with Crippen LogP contribution in [-0.4, -0.2) is 39.0 Å². The zero-order chi connectivity index (χ0) is 26.5. The van der Waals surface area contributed by atoms with E-state index < -0.39 is 46.9 Å². The molecule has 0 spiro atoms. The summed E-state index contributed by atoms with van der Waals surface area (Å²) in [6.45, 7) is 3.94. The Balaban J connectivity index is 0.00000481. The zero-order valence-corrected chi connectivity index (χ0v) is 22.1. The topological polar surface area (TPSA) is 105 Å². The quantitative estimate of drug-likeness (QED) is 0.295. The number of rotatable bonds is 11. The minimum Gasteiger partial charge on any atom is -0.464 e. The largest absolute Gasteiger partial charge is 0.464 e. The monoisotopic (exact) mass is 565 g/mol. The van der Waals surface area contributed by atoms with Crippen LogP contribution < -0.4 is 14.7 Å². The summed E-state index contributed by atoms with van der Waals surface area (Å²) in [6, 6.07) is 10.8. The van der Waals surface area contributed by atoms with Crippen LogP contribution >= 0.6 is 12.4 Å². The van der Waals surface area contributed by atoms with Crippen LogP contribution in [0.2, 0.25) is 0 Å². The first-order valence-corrected chi connectivity index (χ1v) is 13.2. The molecule has 1 aliphatic carbocycles. The van der Waals surface area contributed by atoms with E-state index in [1.54, 1.807) is 12.1 Å². The maximum Gasteiger partial charge on any atom is 0.389 e. The third kappa shape index (κ3) is 9.39. The zero-order valence-electron chi connectivity index (χ0n) is 20.5. The number of esters is 1. The molecule has 206 valence electrons. The average Bonchev–Trinajstić information content (AvgIpc) is 3.20. The molecule has 12 heteroatoms. The van der Waals surface area contributed by atoms with Crippen molar-refractivity contribution in [2.24, 2.45) is 17.6 Å². The summed E-state index contributed by atoms with van der Waals surface area (Å²) in [5, 5.41) is 0. The van der Waals surface area contributed by atoms with Gasteiger partial charge in [0, 0.05) is 18.4 Å². The Morgan fingerprint density at radius 2 is 1.78 bits per heavy atom. The second-order valence-electron chi connectivity index (χ2n) is 9.21. The number of carbonyl (C=O) groups is 1. The number of hydrogen-bond donors (Lipinski definition) is 1. The van der Waals surface area contributed by atoms with Crippen molar-refractivity contribution in [2.75, 3.05) is 12.4 Å². The van der Waals surface area contributed by atoms with Gasteiger partial charge in [-0.05, 0) is 54.5 Å². The smallest absolute Gasteiger partial charge is 0.389 e. The van der Waals surface area contributed by atoms with E-state index in [1.165, 1.54) is 18.2 Å². The molecule has 0 radical (unpaired) electrons. The van der Waals surface area contributed by atoms with E-state index in [2.05, 4.69) is 0 Å². The normalized spacial score (nSPS) is 16.0. The van der Waals surface area contributed by atoms with Gasteiger partial charge < -0.3 is 19.4 Å². The number of nitrogens with two attached hydrogens (primary N) is 1. The third-order valence-electron chi connectivity index (χ3n) is 5.79. The van der Waals surface area contributed by atoms with Gasteiger partial charge in [0.05, 0.1) is 12.4 Å². The van der Waals surface area contributed by atoms with Crippen LogP contribution in [0, 0.1) is 11.8 Å². The molecule has 37 heavy (non-hydrogen) atoms. The van der Waals surface area contributed by atoms with Crippen LogP contribution in [0.25, 0.3) is 0 Å². The minimum absolute atomic E-state index is 0. The van der Waals surface area contributed by atoms with Crippen LogP contribution in [0.1, 0.15) is 37.8 Å². The maximum atomic E-state index is 12.3. The maximum absolute atomic E-state index is 12.3. The number of carbonyl (C=O) groups excluding carboxylic acids is 1. The lowest BCUT2D eigenvalue weighted by Gasteiger charge is -2.16. The summed E-state index contributed by atoms with van der Waals surface area (Å²) in [5.41, 5.74) is 7.86.